The molecule has 6 heteroatoms. The van der Waals surface area contributed by atoms with Gasteiger partial charge in [0.25, 0.3) is 5.69 Å². The maximum atomic E-state index is 13.7. The summed E-state index contributed by atoms with van der Waals surface area (Å²) in [5, 5.41) is 10.6. The maximum Gasteiger partial charge on any atom is 0.269 e. The number of non-ortho nitro benzene ring substituents is 1. The van der Waals surface area contributed by atoms with Crippen LogP contribution in [-0.2, 0) is 6.42 Å². The fourth-order valence-electron chi connectivity index (χ4n) is 2.08. The van der Waals surface area contributed by atoms with Gasteiger partial charge in [0.15, 0.2) is 0 Å². The minimum absolute atomic E-state index is 0.0175. The van der Waals surface area contributed by atoms with Gasteiger partial charge in [-0.25, -0.2) is 8.78 Å². The third-order valence-electron chi connectivity index (χ3n) is 3.28. The molecule has 2 aromatic rings. The Labute approximate surface area is 120 Å². The average molecular weight is 292 g/mol. The van der Waals surface area contributed by atoms with Gasteiger partial charge in [-0.2, -0.15) is 0 Å². The zero-order valence-electron chi connectivity index (χ0n) is 11.3. The molecule has 0 bridgehead atoms. The number of nitro groups is 1. The van der Waals surface area contributed by atoms with Gasteiger partial charge in [-0.05, 0) is 30.5 Å². The first-order chi connectivity index (χ1) is 9.88. The van der Waals surface area contributed by atoms with Crippen molar-refractivity contribution in [3.05, 3.63) is 74.8 Å². The van der Waals surface area contributed by atoms with Gasteiger partial charge in [-0.15, -0.1) is 0 Å². The maximum absolute atomic E-state index is 13.7. The molecule has 110 valence electrons. The van der Waals surface area contributed by atoms with Gasteiger partial charge in [0.2, 0.25) is 0 Å². The van der Waals surface area contributed by atoms with E-state index in [1.165, 1.54) is 25.1 Å². The zero-order valence-corrected chi connectivity index (χ0v) is 11.3. The van der Waals surface area contributed by atoms with E-state index in [4.69, 9.17) is 5.73 Å². The summed E-state index contributed by atoms with van der Waals surface area (Å²) in [6, 6.07) is 7.45. The fourth-order valence-corrected chi connectivity index (χ4v) is 2.08. The van der Waals surface area contributed by atoms with Crippen LogP contribution in [0.3, 0.4) is 0 Å². The summed E-state index contributed by atoms with van der Waals surface area (Å²) in [6.45, 7) is 1.54. The van der Waals surface area contributed by atoms with E-state index in [0.29, 0.717) is 12.0 Å². The van der Waals surface area contributed by atoms with Crippen LogP contribution in [0, 0.1) is 28.7 Å². The Morgan fingerprint density at radius 2 is 1.81 bits per heavy atom. The molecule has 0 aromatic heterocycles. The number of hydrogen-bond donors (Lipinski definition) is 1. The van der Waals surface area contributed by atoms with Crippen molar-refractivity contribution >= 4 is 5.69 Å². The van der Waals surface area contributed by atoms with E-state index in [2.05, 4.69) is 0 Å². The van der Waals surface area contributed by atoms with Crippen LogP contribution < -0.4 is 5.73 Å². The minimum atomic E-state index is -0.687. The molecule has 0 saturated heterocycles. The lowest BCUT2D eigenvalue weighted by molar-refractivity contribution is -0.384. The molecule has 0 aliphatic carbocycles. The lowest BCUT2D eigenvalue weighted by Crippen LogP contribution is -2.15. The van der Waals surface area contributed by atoms with Crippen molar-refractivity contribution in [2.45, 2.75) is 19.4 Å². The topological polar surface area (TPSA) is 69.2 Å². The van der Waals surface area contributed by atoms with Crippen molar-refractivity contribution < 1.29 is 13.7 Å². The number of nitrogens with two attached hydrogens (primary N) is 1. The number of nitrogens with zero attached hydrogens (tertiary/aromatic N) is 1. The van der Waals surface area contributed by atoms with Gasteiger partial charge in [0.05, 0.1) is 4.92 Å². The standard InChI is InChI=1S/C15H14F2N2O2/c1-9-6-12(14(17)8-13(9)16)15(18)7-10-2-4-11(5-3-10)19(20)21/h2-6,8,15H,7,18H2,1H3. The molecular weight excluding hydrogens is 278 g/mol. The molecule has 0 heterocycles. The SMILES string of the molecule is Cc1cc(C(N)Cc2ccc([N+](=O)[O-])cc2)c(F)cc1F. The van der Waals surface area contributed by atoms with Crippen molar-refractivity contribution in [3.8, 4) is 0 Å². The second kappa shape index (κ2) is 5.97. The summed E-state index contributed by atoms with van der Waals surface area (Å²) in [5.41, 5.74) is 7.23. The molecule has 21 heavy (non-hydrogen) atoms. The van der Waals surface area contributed by atoms with E-state index < -0.39 is 22.6 Å². The molecule has 0 fully saturated rings. The summed E-state index contributed by atoms with van der Waals surface area (Å²) < 4.78 is 27.0. The van der Waals surface area contributed by atoms with Gasteiger partial charge in [-0.1, -0.05) is 12.1 Å². The number of halogens is 2. The molecule has 2 N–H and O–H groups in total. The Morgan fingerprint density at radius 1 is 1.19 bits per heavy atom. The lowest BCUT2D eigenvalue weighted by Gasteiger charge is -2.14. The molecular formula is C15H14F2N2O2. The summed E-state index contributed by atoms with van der Waals surface area (Å²) >= 11 is 0. The summed E-state index contributed by atoms with van der Waals surface area (Å²) in [6.07, 6.45) is 0.306. The smallest absolute Gasteiger partial charge is 0.269 e. The summed E-state index contributed by atoms with van der Waals surface area (Å²) in [5.74, 6) is -1.30. The van der Waals surface area contributed by atoms with Gasteiger partial charge in [0.1, 0.15) is 11.6 Å². The third-order valence-corrected chi connectivity index (χ3v) is 3.28. The van der Waals surface area contributed by atoms with E-state index in [0.717, 1.165) is 11.6 Å². The van der Waals surface area contributed by atoms with Crippen molar-refractivity contribution in [1.29, 1.82) is 0 Å². The van der Waals surface area contributed by atoms with Gasteiger partial charge >= 0.3 is 0 Å². The van der Waals surface area contributed by atoms with Crippen LogP contribution in [-0.4, -0.2) is 4.92 Å². The number of rotatable bonds is 4. The predicted molar refractivity (Wildman–Crippen MR) is 74.8 cm³/mol. The van der Waals surface area contributed by atoms with Crippen LogP contribution in [0.4, 0.5) is 14.5 Å². The van der Waals surface area contributed by atoms with Gasteiger partial charge < -0.3 is 5.73 Å². The van der Waals surface area contributed by atoms with Crippen LogP contribution in [0.5, 0.6) is 0 Å². The van der Waals surface area contributed by atoms with E-state index in [1.54, 1.807) is 12.1 Å². The molecule has 1 atom stereocenters. The van der Waals surface area contributed by atoms with Gasteiger partial charge in [0, 0.05) is 29.8 Å². The summed E-state index contributed by atoms with van der Waals surface area (Å²) in [4.78, 5) is 10.1. The highest BCUT2D eigenvalue weighted by Crippen LogP contribution is 2.23. The highest BCUT2D eigenvalue weighted by atomic mass is 19.1. The first kappa shape index (κ1) is 15.1. The Balaban J connectivity index is 2.19. The molecule has 4 nitrogen and oxygen atoms in total. The molecule has 0 aliphatic rings. The third kappa shape index (κ3) is 3.41. The fraction of sp³-hybridized carbons (Fsp3) is 0.200. The number of benzene rings is 2. The van der Waals surface area contributed by atoms with Crippen LogP contribution in [0.1, 0.15) is 22.7 Å². The molecule has 0 aliphatic heterocycles. The second-order valence-electron chi connectivity index (χ2n) is 4.86. The molecule has 2 aromatic carbocycles. The monoisotopic (exact) mass is 292 g/mol. The first-order valence-electron chi connectivity index (χ1n) is 6.33. The quantitative estimate of drug-likeness (QED) is 0.693. The second-order valence-corrected chi connectivity index (χ2v) is 4.86. The number of aryl methyl sites for hydroxylation is 1. The largest absolute Gasteiger partial charge is 0.324 e. The van der Waals surface area contributed by atoms with Gasteiger partial charge in [-0.3, -0.25) is 10.1 Å². The van der Waals surface area contributed by atoms with E-state index in [-0.39, 0.29) is 11.3 Å². The molecule has 0 radical (unpaired) electrons. The van der Waals surface area contributed by atoms with Crippen molar-refractivity contribution in [3.63, 3.8) is 0 Å². The molecule has 0 spiro atoms. The molecule has 0 saturated carbocycles. The molecule has 0 amide bonds. The van der Waals surface area contributed by atoms with Crippen LogP contribution in [0.2, 0.25) is 0 Å². The van der Waals surface area contributed by atoms with Crippen LogP contribution in [0.25, 0.3) is 0 Å². The van der Waals surface area contributed by atoms with Crippen LogP contribution >= 0.6 is 0 Å². The van der Waals surface area contributed by atoms with Crippen molar-refractivity contribution in [1.82, 2.24) is 0 Å². The van der Waals surface area contributed by atoms with E-state index in [1.807, 2.05) is 0 Å². The Kier molecular flexibility index (Phi) is 4.28. The van der Waals surface area contributed by atoms with Crippen molar-refractivity contribution in [2.24, 2.45) is 5.73 Å². The van der Waals surface area contributed by atoms with E-state index >= 15 is 0 Å². The predicted octanol–water partition coefficient (Wildman–Crippen LogP) is 3.42. The minimum Gasteiger partial charge on any atom is -0.324 e. The highest BCUT2D eigenvalue weighted by molar-refractivity contribution is 5.35. The molecule has 2 rings (SSSR count). The number of hydrogen-bond acceptors (Lipinski definition) is 3. The number of nitro benzene ring substituents is 1. The lowest BCUT2D eigenvalue weighted by atomic mass is 9.97. The van der Waals surface area contributed by atoms with Crippen molar-refractivity contribution in [2.75, 3.05) is 0 Å². The highest BCUT2D eigenvalue weighted by Gasteiger charge is 2.15. The Bertz CT molecular complexity index is 672. The molecule has 1 unspecified atom stereocenters. The first-order valence-corrected chi connectivity index (χ1v) is 6.33. The Hall–Kier alpha value is -2.34. The summed E-state index contributed by atoms with van der Waals surface area (Å²) in [7, 11) is 0. The normalized spacial score (nSPS) is 12.2. The average Bonchev–Trinajstić information content (AvgIpc) is 2.43. The Morgan fingerprint density at radius 3 is 2.38 bits per heavy atom. The van der Waals surface area contributed by atoms with E-state index in [9.17, 15) is 18.9 Å². The van der Waals surface area contributed by atoms with Crippen LogP contribution in [0.15, 0.2) is 36.4 Å². The zero-order chi connectivity index (χ0) is 15.6.